The molecule has 0 aromatic carbocycles. The number of nitrogens with one attached hydrogen (secondary N) is 1. The maximum atomic E-state index is 12.1. The summed E-state index contributed by atoms with van der Waals surface area (Å²) in [6, 6.07) is 0. The molecule has 4 heteroatoms. The Morgan fingerprint density at radius 3 is 2.84 bits per heavy atom. The Kier molecular flexibility index (Phi) is 4.40. The van der Waals surface area contributed by atoms with Crippen molar-refractivity contribution in [1.29, 1.82) is 0 Å². The molecule has 1 heterocycles. The molecular weight excluding hydrogens is 256 g/mol. The number of hydrogen-bond donors (Lipinski definition) is 1. The van der Waals surface area contributed by atoms with Crippen LogP contribution in [0.15, 0.2) is 17.0 Å². The first-order chi connectivity index (χ1) is 8.97. The van der Waals surface area contributed by atoms with E-state index < -0.39 is 0 Å². The van der Waals surface area contributed by atoms with Crippen LogP contribution in [-0.2, 0) is 10.3 Å². The summed E-state index contributed by atoms with van der Waals surface area (Å²) in [5.74, 6) is 0.103. The highest BCUT2D eigenvalue weighted by Gasteiger charge is 2.26. The predicted octanol–water partition coefficient (Wildman–Crippen LogP) is 3.69. The second kappa shape index (κ2) is 5.87. The average Bonchev–Trinajstić information content (AvgIpc) is 2.77. The second-order valence-electron chi connectivity index (χ2n) is 5.75. The molecule has 0 atom stereocenters. The molecule has 0 saturated heterocycles. The fourth-order valence-corrected chi connectivity index (χ4v) is 3.24. The molecule has 1 aliphatic rings. The minimum atomic E-state index is -0.384. The molecule has 104 valence electrons. The monoisotopic (exact) mass is 278 g/mol. The summed E-state index contributed by atoms with van der Waals surface area (Å²) in [5.41, 5.74) is 1.91. The number of nitrogens with zero attached hydrogens (tertiary/aromatic N) is 1. The summed E-state index contributed by atoms with van der Waals surface area (Å²) in [6.07, 6.45) is 7.43. The molecule has 0 aliphatic heterocycles. The smallest absolute Gasteiger partial charge is 0.224 e. The van der Waals surface area contributed by atoms with E-state index in [0.717, 1.165) is 23.5 Å². The number of hydrogen-bond acceptors (Lipinski definition) is 3. The highest BCUT2D eigenvalue weighted by atomic mass is 32.1. The summed E-state index contributed by atoms with van der Waals surface area (Å²) in [5, 5.41) is 6.09. The maximum Gasteiger partial charge on any atom is 0.224 e. The number of thiazole rings is 1. The molecule has 0 unspecified atom stereocenters. The van der Waals surface area contributed by atoms with E-state index in [-0.39, 0.29) is 11.4 Å². The van der Waals surface area contributed by atoms with E-state index in [2.05, 4.69) is 16.4 Å². The molecule has 1 aliphatic carbocycles. The molecule has 3 nitrogen and oxygen atoms in total. The van der Waals surface area contributed by atoms with Crippen molar-refractivity contribution in [3.63, 3.8) is 0 Å². The molecule has 0 fully saturated rings. The van der Waals surface area contributed by atoms with Crippen molar-refractivity contribution in [1.82, 2.24) is 10.3 Å². The van der Waals surface area contributed by atoms with Gasteiger partial charge in [-0.2, -0.15) is 0 Å². The Balaban J connectivity index is 1.95. The number of amides is 1. The SMILES string of the molecule is Cc1csc(C(C)(C)NC(=O)CC2=CCCCC2)n1. The third-order valence-electron chi connectivity index (χ3n) is 3.38. The third-order valence-corrected chi connectivity index (χ3v) is 4.66. The van der Waals surface area contributed by atoms with E-state index in [9.17, 15) is 4.79 Å². The number of carbonyl (C=O) groups excluding carboxylic acids is 1. The zero-order valence-electron chi connectivity index (χ0n) is 12.0. The fraction of sp³-hybridized carbons (Fsp3) is 0.600. The van der Waals surface area contributed by atoms with Crippen molar-refractivity contribution in [3.8, 4) is 0 Å². The summed E-state index contributed by atoms with van der Waals surface area (Å²) >= 11 is 1.60. The quantitative estimate of drug-likeness (QED) is 0.853. The lowest BCUT2D eigenvalue weighted by Gasteiger charge is -2.24. The molecule has 0 bridgehead atoms. The maximum absolute atomic E-state index is 12.1. The minimum absolute atomic E-state index is 0.103. The minimum Gasteiger partial charge on any atom is -0.344 e. The van der Waals surface area contributed by atoms with Crippen LogP contribution in [0, 0.1) is 6.92 Å². The van der Waals surface area contributed by atoms with E-state index in [1.54, 1.807) is 11.3 Å². The van der Waals surface area contributed by atoms with Gasteiger partial charge in [-0.3, -0.25) is 4.79 Å². The van der Waals surface area contributed by atoms with Gasteiger partial charge in [0.05, 0.1) is 5.54 Å². The van der Waals surface area contributed by atoms with Crippen LogP contribution in [-0.4, -0.2) is 10.9 Å². The van der Waals surface area contributed by atoms with Gasteiger partial charge in [0.15, 0.2) is 0 Å². The number of aromatic nitrogens is 1. The van der Waals surface area contributed by atoms with Crippen LogP contribution in [0.2, 0.25) is 0 Å². The van der Waals surface area contributed by atoms with Gasteiger partial charge in [-0.05, 0) is 46.5 Å². The van der Waals surface area contributed by atoms with E-state index in [4.69, 9.17) is 0 Å². The third kappa shape index (κ3) is 3.90. The molecule has 1 N–H and O–H groups in total. The highest BCUT2D eigenvalue weighted by molar-refractivity contribution is 7.09. The van der Waals surface area contributed by atoms with Crippen molar-refractivity contribution in [3.05, 3.63) is 27.7 Å². The van der Waals surface area contributed by atoms with Crippen LogP contribution >= 0.6 is 11.3 Å². The lowest BCUT2D eigenvalue weighted by Crippen LogP contribution is -2.41. The van der Waals surface area contributed by atoms with Crippen molar-refractivity contribution in [2.75, 3.05) is 0 Å². The van der Waals surface area contributed by atoms with E-state index in [1.807, 2.05) is 26.2 Å². The first kappa shape index (κ1) is 14.3. The van der Waals surface area contributed by atoms with Gasteiger partial charge in [-0.1, -0.05) is 11.6 Å². The zero-order chi connectivity index (χ0) is 13.9. The number of carbonyl (C=O) groups is 1. The van der Waals surface area contributed by atoms with Crippen molar-refractivity contribution in [2.45, 2.75) is 58.4 Å². The van der Waals surface area contributed by atoms with Crippen LogP contribution in [0.25, 0.3) is 0 Å². The molecule has 1 aromatic rings. The molecule has 0 radical (unpaired) electrons. The lowest BCUT2D eigenvalue weighted by molar-refractivity contribution is -0.122. The van der Waals surface area contributed by atoms with Gasteiger partial charge in [-0.25, -0.2) is 4.98 Å². The summed E-state index contributed by atoms with van der Waals surface area (Å²) < 4.78 is 0. The van der Waals surface area contributed by atoms with E-state index in [1.165, 1.54) is 18.4 Å². The topological polar surface area (TPSA) is 42.0 Å². The van der Waals surface area contributed by atoms with Crippen molar-refractivity contribution < 1.29 is 4.79 Å². The van der Waals surface area contributed by atoms with Crippen molar-refractivity contribution >= 4 is 17.2 Å². The van der Waals surface area contributed by atoms with Gasteiger partial charge in [-0.15, -0.1) is 11.3 Å². The van der Waals surface area contributed by atoms with Crippen LogP contribution in [0.5, 0.6) is 0 Å². The molecular formula is C15H22N2OS. The summed E-state index contributed by atoms with van der Waals surface area (Å²) in [6.45, 7) is 6.00. The first-order valence-corrected chi connectivity index (χ1v) is 7.77. The molecule has 2 rings (SSSR count). The van der Waals surface area contributed by atoms with Crippen LogP contribution < -0.4 is 5.32 Å². The first-order valence-electron chi connectivity index (χ1n) is 6.89. The number of allylic oxidation sites excluding steroid dienone is 1. The highest BCUT2D eigenvalue weighted by Crippen LogP contribution is 2.25. The molecule has 0 spiro atoms. The van der Waals surface area contributed by atoms with E-state index in [0.29, 0.717) is 6.42 Å². The Bertz CT molecular complexity index is 488. The number of aryl methyl sites for hydroxylation is 1. The molecule has 1 aromatic heterocycles. The normalized spacial score (nSPS) is 16.1. The van der Waals surface area contributed by atoms with Gasteiger partial charge in [0, 0.05) is 17.5 Å². The van der Waals surface area contributed by atoms with Gasteiger partial charge in [0.25, 0.3) is 0 Å². The zero-order valence-corrected chi connectivity index (χ0v) is 12.8. The molecule has 0 saturated carbocycles. The summed E-state index contributed by atoms with van der Waals surface area (Å²) in [4.78, 5) is 16.6. The van der Waals surface area contributed by atoms with Crippen molar-refractivity contribution in [2.24, 2.45) is 0 Å². The summed E-state index contributed by atoms with van der Waals surface area (Å²) in [7, 11) is 0. The Hall–Kier alpha value is -1.16. The average molecular weight is 278 g/mol. The largest absolute Gasteiger partial charge is 0.344 e. The van der Waals surface area contributed by atoms with E-state index >= 15 is 0 Å². The van der Waals surface area contributed by atoms with Crippen LogP contribution in [0.3, 0.4) is 0 Å². The standard InChI is InChI=1S/C15H22N2OS/c1-11-10-19-14(16-11)15(2,3)17-13(18)9-12-7-5-4-6-8-12/h7,10H,4-6,8-9H2,1-3H3,(H,17,18). The molecule has 19 heavy (non-hydrogen) atoms. The lowest BCUT2D eigenvalue weighted by atomic mass is 9.96. The predicted molar refractivity (Wildman–Crippen MR) is 79.2 cm³/mol. The second-order valence-corrected chi connectivity index (χ2v) is 6.61. The Labute approximate surface area is 119 Å². The van der Waals surface area contributed by atoms with Gasteiger partial charge >= 0.3 is 0 Å². The van der Waals surface area contributed by atoms with Crippen LogP contribution in [0.4, 0.5) is 0 Å². The van der Waals surface area contributed by atoms with Crippen LogP contribution in [0.1, 0.15) is 56.7 Å². The molecule has 1 amide bonds. The Morgan fingerprint density at radius 2 is 2.26 bits per heavy atom. The number of rotatable bonds is 4. The van der Waals surface area contributed by atoms with Gasteiger partial charge in [0.2, 0.25) is 5.91 Å². The van der Waals surface area contributed by atoms with Gasteiger partial charge < -0.3 is 5.32 Å². The van der Waals surface area contributed by atoms with Gasteiger partial charge in [0.1, 0.15) is 5.01 Å². The Morgan fingerprint density at radius 1 is 1.47 bits per heavy atom. The fourth-order valence-electron chi connectivity index (χ4n) is 2.36.